The van der Waals surface area contributed by atoms with Crippen molar-refractivity contribution in [1.29, 1.82) is 0 Å². The highest BCUT2D eigenvalue weighted by Crippen LogP contribution is 2.08. The highest BCUT2D eigenvalue weighted by molar-refractivity contribution is 5.69. The van der Waals surface area contributed by atoms with E-state index in [1.165, 1.54) is 35.2 Å². The molecule has 0 fully saturated rings. The van der Waals surface area contributed by atoms with E-state index < -0.39 is 22.4 Å². The Balaban J connectivity index is 2.45. The lowest BCUT2D eigenvalue weighted by Crippen LogP contribution is -2.38. The van der Waals surface area contributed by atoms with Gasteiger partial charge in [0.2, 0.25) is 0 Å². The molecule has 0 aliphatic carbocycles. The summed E-state index contributed by atoms with van der Waals surface area (Å²) in [6, 6.07) is 0. The maximum Gasteiger partial charge on any atom is 0.332 e. The number of aromatic nitrogens is 4. The molecule has 0 radical (unpaired) electrons. The maximum atomic E-state index is 12.2. The Morgan fingerprint density at radius 2 is 2.13 bits per heavy atom. The van der Waals surface area contributed by atoms with Crippen molar-refractivity contribution in [2.45, 2.75) is 12.6 Å². The molecule has 2 N–H and O–H groups in total. The van der Waals surface area contributed by atoms with Crippen LogP contribution in [-0.4, -0.2) is 41.7 Å². The van der Waals surface area contributed by atoms with E-state index in [1.807, 2.05) is 0 Å². The van der Waals surface area contributed by atoms with Gasteiger partial charge in [-0.25, -0.2) is 9.78 Å². The van der Waals surface area contributed by atoms with Gasteiger partial charge in [-0.05, 0) is 0 Å². The molecule has 0 amide bonds. The summed E-state index contributed by atoms with van der Waals surface area (Å²) in [5, 5.41) is 17.9. The van der Waals surface area contributed by atoms with Crippen LogP contribution in [0.1, 0.15) is 0 Å². The number of nitrogens with one attached hydrogen (secondary N) is 1. The first-order valence-electron chi connectivity index (χ1n) is 6.29. The van der Waals surface area contributed by atoms with E-state index in [-0.39, 0.29) is 24.3 Å². The first kappa shape index (κ1) is 16.6. The molecule has 13 heteroatoms. The average molecular weight is 330 g/mol. The standard InChI is InChI=1S/C10H14N6O7/c1-13-8-7(9(17)14(2)10(13)18)15(5-11-8)3-6(4-22-12-19)23-16(20)21/h5-6,12,19H,3-4H2,1-2H3. The lowest BCUT2D eigenvalue weighted by molar-refractivity contribution is -0.769. The van der Waals surface area contributed by atoms with Gasteiger partial charge < -0.3 is 9.40 Å². The fourth-order valence-corrected chi connectivity index (χ4v) is 2.12. The van der Waals surface area contributed by atoms with Crippen LogP contribution in [0.25, 0.3) is 11.2 Å². The Bertz CT molecular complexity index is 837. The highest BCUT2D eigenvalue weighted by atomic mass is 17.0. The van der Waals surface area contributed by atoms with Gasteiger partial charge in [-0.1, -0.05) is 5.64 Å². The number of hydrogen-bond donors (Lipinski definition) is 2. The zero-order valence-electron chi connectivity index (χ0n) is 12.2. The summed E-state index contributed by atoms with van der Waals surface area (Å²) in [7, 11) is 2.76. The summed E-state index contributed by atoms with van der Waals surface area (Å²) in [6.45, 7) is -0.532. The van der Waals surface area contributed by atoms with E-state index in [1.54, 1.807) is 0 Å². The van der Waals surface area contributed by atoms with Crippen molar-refractivity contribution < 1.29 is 20.0 Å². The number of nitrogens with zero attached hydrogens (tertiary/aromatic N) is 5. The summed E-state index contributed by atoms with van der Waals surface area (Å²) >= 11 is 0. The van der Waals surface area contributed by atoms with Gasteiger partial charge in [0.1, 0.15) is 0 Å². The molecule has 2 rings (SSSR count). The van der Waals surface area contributed by atoms with Gasteiger partial charge in [0, 0.05) is 14.1 Å². The largest absolute Gasteiger partial charge is 0.332 e. The molecule has 1 unspecified atom stereocenters. The van der Waals surface area contributed by atoms with Crippen LogP contribution in [-0.2, 0) is 30.3 Å². The van der Waals surface area contributed by atoms with Crippen LogP contribution in [0.15, 0.2) is 15.9 Å². The molecule has 0 aliphatic heterocycles. The second kappa shape index (κ2) is 6.55. The molecule has 13 nitrogen and oxygen atoms in total. The average Bonchev–Trinajstić information content (AvgIpc) is 2.91. The zero-order valence-corrected chi connectivity index (χ0v) is 12.2. The molecule has 0 saturated heterocycles. The van der Waals surface area contributed by atoms with Crippen molar-refractivity contribution in [3.05, 3.63) is 37.3 Å². The summed E-state index contributed by atoms with van der Waals surface area (Å²) < 4.78 is 3.39. The topological polar surface area (TPSA) is 156 Å². The number of hydrogen-bond acceptors (Lipinski definition) is 9. The quantitative estimate of drug-likeness (QED) is 0.429. The third kappa shape index (κ3) is 3.20. The third-order valence-corrected chi connectivity index (χ3v) is 3.19. The fraction of sp³-hybridized carbons (Fsp3) is 0.500. The summed E-state index contributed by atoms with van der Waals surface area (Å²) in [5.41, 5.74) is 0.473. The van der Waals surface area contributed by atoms with Crippen molar-refractivity contribution in [1.82, 2.24) is 24.3 Å². The van der Waals surface area contributed by atoms with Crippen LogP contribution < -0.4 is 16.9 Å². The predicted molar refractivity (Wildman–Crippen MR) is 73.0 cm³/mol. The van der Waals surface area contributed by atoms with E-state index in [2.05, 4.69) is 14.7 Å². The van der Waals surface area contributed by atoms with Crippen LogP contribution in [0.3, 0.4) is 0 Å². The monoisotopic (exact) mass is 330 g/mol. The van der Waals surface area contributed by atoms with Crippen LogP contribution in [0.2, 0.25) is 0 Å². The molecule has 23 heavy (non-hydrogen) atoms. The van der Waals surface area contributed by atoms with Crippen LogP contribution >= 0.6 is 0 Å². The third-order valence-electron chi connectivity index (χ3n) is 3.19. The van der Waals surface area contributed by atoms with Crippen molar-refractivity contribution in [3.63, 3.8) is 0 Å². The smallest absolute Gasteiger partial charge is 0.322 e. The Morgan fingerprint density at radius 1 is 1.43 bits per heavy atom. The van der Waals surface area contributed by atoms with E-state index in [9.17, 15) is 19.7 Å². The van der Waals surface area contributed by atoms with Crippen LogP contribution in [0.4, 0.5) is 0 Å². The minimum absolute atomic E-state index is 0.0866. The predicted octanol–water partition coefficient (Wildman–Crippen LogP) is -2.08. The Morgan fingerprint density at radius 3 is 2.74 bits per heavy atom. The lowest BCUT2D eigenvalue weighted by Gasteiger charge is -2.15. The number of aryl methyl sites for hydroxylation is 1. The molecule has 2 aromatic heterocycles. The summed E-state index contributed by atoms with van der Waals surface area (Å²) in [4.78, 5) is 47.4. The fourth-order valence-electron chi connectivity index (χ4n) is 2.12. The zero-order chi connectivity index (χ0) is 17.1. The molecular formula is C10H14N6O7. The molecule has 2 aromatic rings. The molecular weight excluding hydrogens is 316 g/mol. The van der Waals surface area contributed by atoms with Crippen LogP contribution in [0, 0.1) is 10.1 Å². The van der Waals surface area contributed by atoms with Gasteiger partial charge in [0.25, 0.3) is 10.6 Å². The van der Waals surface area contributed by atoms with E-state index in [4.69, 9.17) is 5.21 Å². The molecule has 0 saturated carbocycles. The first-order chi connectivity index (χ1) is 10.9. The number of rotatable bonds is 7. The highest BCUT2D eigenvalue weighted by Gasteiger charge is 2.20. The molecule has 2 heterocycles. The van der Waals surface area contributed by atoms with Gasteiger partial charge in [-0.3, -0.25) is 24.0 Å². The first-order valence-corrected chi connectivity index (χ1v) is 6.29. The van der Waals surface area contributed by atoms with E-state index in [0.717, 1.165) is 4.57 Å². The van der Waals surface area contributed by atoms with Crippen LogP contribution in [0.5, 0.6) is 0 Å². The van der Waals surface area contributed by atoms with Gasteiger partial charge in [0.15, 0.2) is 17.3 Å². The van der Waals surface area contributed by atoms with Gasteiger partial charge >= 0.3 is 5.69 Å². The molecule has 0 bridgehead atoms. The second-order valence-corrected chi connectivity index (χ2v) is 4.63. The number of imidazole rings is 1. The van der Waals surface area contributed by atoms with Gasteiger partial charge in [-0.2, -0.15) is 0 Å². The molecule has 0 aliphatic rings. The lowest BCUT2D eigenvalue weighted by atomic mass is 10.3. The summed E-state index contributed by atoms with van der Waals surface area (Å²) in [5.74, 6) is 0. The van der Waals surface area contributed by atoms with Gasteiger partial charge in [0.05, 0.1) is 19.5 Å². The normalized spacial score (nSPS) is 12.5. The minimum atomic E-state index is -1.12. The SMILES string of the molecule is Cn1c(=O)c2c(ncn2CC(CONO)O[N+](=O)[O-])n(C)c1=O. The molecule has 1 atom stereocenters. The maximum absolute atomic E-state index is 12.2. The van der Waals surface area contributed by atoms with E-state index in [0.29, 0.717) is 0 Å². The van der Waals surface area contributed by atoms with Gasteiger partial charge in [-0.15, -0.1) is 10.1 Å². The van der Waals surface area contributed by atoms with E-state index >= 15 is 0 Å². The summed E-state index contributed by atoms with van der Waals surface area (Å²) in [6.07, 6.45) is 0.137. The minimum Gasteiger partial charge on any atom is -0.322 e. The molecule has 0 aromatic carbocycles. The molecule has 126 valence electrons. The number of fused-ring (bicyclic) bond motifs is 1. The Kier molecular flexibility index (Phi) is 4.73. The molecule has 0 spiro atoms. The van der Waals surface area contributed by atoms with Crippen molar-refractivity contribution in [3.8, 4) is 0 Å². The van der Waals surface area contributed by atoms with Crippen molar-refractivity contribution in [2.24, 2.45) is 14.1 Å². The van der Waals surface area contributed by atoms with Crippen molar-refractivity contribution >= 4 is 11.2 Å². The second-order valence-electron chi connectivity index (χ2n) is 4.63. The Hall–Kier alpha value is -2.77. The Labute approximate surface area is 127 Å². The van der Waals surface area contributed by atoms with Crippen molar-refractivity contribution in [2.75, 3.05) is 6.61 Å².